The number of ether oxygens (including phenoxy) is 2. The van der Waals surface area contributed by atoms with Crippen LogP contribution in [0, 0.1) is 0 Å². The fourth-order valence-corrected chi connectivity index (χ4v) is 3.28. The minimum atomic E-state index is -0.179. The highest BCUT2D eigenvalue weighted by atomic mass is 79.9. The molecule has 0 spiro atoms. The van der Waals surface area contributed by atoms with Crippen molar-refractivity contribution < 1.29 is 19.1 Å². The average molecular weight is 435 g/mol. The van der Waals surface area contributed by atoms with Gasteiger partial charge in [-0.3, -0.25) is 9.59 Å². The van der Waals surface area contributed by atoms with Crippen molar-refractivity contribution in [2.75, 3.05) is 6.61 Å². The molecule has 1 aliphatic rings. The third kappa shape index (κ3) is 3.89. The van der Waals surface area contributed by atoms with E-state index >= 15 is 0 Å². The molecule has 0 unspecified atom stereocenters. The summed E-state index contributed by atoms with van der Waals surface area (Å²) in [6.45, 7) is -0.0858. The molecule has 0 radical (unpaired) electrons. The van der Waals surface area contributed by atoms with Gasteiger partial charge < -0.3 is 9.47 Å². The molecule has 138 valence electrons. The molecule has 0 aromatic heterocycles. The molecule has 0 saturated heterocycles. The van der Waals surface area contributed by atoms with Crippen molar-refractivity contribution >= 4 is 33.6 Å². The lowest BCUT2D eigenvalue weighted by Crippen LogP contribution is -2.11. The average Bonchev–Trinajstić information content (AvgIpc) is 3.01. The van der Waals surface area contributed by atoms with Crippen LogP contribution in [0.25, 0.3) is 6.08 Å². The van der Waals surface area contributed by atoms with Gasteiger partial charge in [-0.25, -0.2) is 0 Å². The molecule has 4 rings (SSSR count). The maximum Gasteiger partial charge on any atom is 0.231 e. The number of allylic oxidation sites excluding steroid dienone is 1. The van der Waals surface area contributed by atoms with Gasteiger partial charge in [0.25, 0.3) is 0 Å². The van der Waals surface area contributed by atoms with Crippen LogP contribution in [-0.2, 0) is 0 Å². The van der Waals surface area contributed by atoms with Crippen LogP contribution >= 0.6 is 15.9 Å². The summed E-state index contributed by atoms with van der Waals surface area (Å²) in [5, 5.41) is 0. The molecule has 0 aliphatic carbocycles. The van der Waals surface area contributed by atoms with Crippen LogP contribution < -0.4 is 9.47 Å². The highest BCUT2D eigenvalue weighted by molar-refractivity contribution is 9.10. The Kier molecular flexibility index (Phi) is 5.08. The summed E-state index contributed by atoms with van der Waals surface area (Å²) < 4.78 is 12.2. The number of ketones is 2. The van der Waals surface area contributed by atoms with Crippen LogP contribution in [0.3, 0.4) is 0 Å². The van der Waals surface area contributed by atoms with E-state index in [1.54, 1.807) is 48.5 Å². The minimum absolute atomic E-state index is 0.0858. The molecule has 3 aromatic rings. The second kappa shape index (κ2) is 7.82. The lowest BCUT2D eigenvalue weighted by Gasteiger charge is -2.06. The molecule has 3 aromatic carbocycles. The Morgan fingerprint density at radius 2 is 1.82 bits per heavy atom. The van der Waals surface area contributed by atoms with Crippen molar-refractivity contribution in [2.45, 2.75) is 0 Å². The van der Waals surface area contributed by atoms with Crippen LogP contribution in [0.5, 0.6) is 11.5 Å². The fraction of sp³-hybridized carbons (Fsp3) is 0.0435. The summed E-state index contributed by atoms with van der Waals surface area (Å²) in [7, 11) is 0. The fourth-order valence-electron chi connectivity index (χ4n) is 2.86. The molecule has 0 amide bonds. The van der Waals surface area contributed by atoms with Crippen molar-refractivity contribution in [2.24, 2.45) is 0 Å². The van der Waals surface area contributed by atoms with Gasteiger partial charge in [-0.15, -0.1) is 0 Å². The number of benzene rings is 3. The van der Waals surface area contributed by atoms with Gasteiger partial charge in [0, 0.05) is 16.1 Å². The summed E-state index contributed by atoms with van der Waals surface area (Å²) in [4.78, 5) is 24.7. The van der Waals surface area contributed by atoms with Crippen molar-refractivity contribution in [1.82, 2.24) is 0 Å². The van der Waals surface area contributed by atoms with E-state index in [-0.39, 0.29) is 23.9 Å². The first-order chi connectivity index (χ1) is 13.6. The summed E-state index contributed by atoms with van der Waals surface area (Å²) in [6, 6.07) is 21.5. The van der Waals surface area contributed by atoms with Crippen LogP contribution in [-0.4, -0.2) is 18.2 Å². The predicted octanol–water partition coefficient (Wildman–Crippen LogP) is 5.33. The third-order valence-electron chi connectivity index (χ3n) is 4.25. The van der Waals surface area contributed by atoms with Gasteiger partial charge in [0.1, 0.15) is 11.5 Å². The molecule has 0 atom stereocenters. The topological polar surface area (TPSA) is 52.6 Å². The van der Waals surface area contributed by atoms with E-state index in [4.69, 9.17) is 9.47 Å². The summed E-state index contributed by atoms with van der Waals surface area (Å²) in [6.07, 6.45) is 1.70. The van der Waals surface area contributed by atoms with E-state index < -0.39 is 0 Å². The third-order valence-corrected chi connectivity index (χ3v) is 4.75. The first kappa shape index (κ1) is 18.2. The van der Waals surface area contributed by atoms with E-state index in [1.807, 2.05) is 30.3 Å². The van der Waals surface area contributed by atoms with Gasteiger partial charge >= 0.3 is 0 Å². The summed E-state index contributed by atoms with van der Waals surface area (Å²) >= 11 is 3.41. The van der Waals surface area contributed by atoms with Gasteiger partial charge in [-0.1, -0.05) is 58.4 Å². The zero-order valence-electron chi connectivity index (χ0n) is 14.7. The minimum Gasteiger partial charge on any atom is -0.485 e. The Morgan fingerprint density at radius 1 is 1.00 bits per heavy atom. The van der Waals surface area contributed by atoms with Crippen LogP contribution in [0.1, 0.15) is 26.3 Å². The van der Waals surface area contributed by atoms with Crippen molar-refractivity contribution in [1.29, 1.82) is 0 Å². The Labute approximate surface area is 170 Å². The van der Waals surface area contributed by atoms with E-state index in [0.717, 1.165) is 10.0 Å². The van der Waals surface area contributed by atoms with E-state index in [1.165, 1.54) is 0 Å². The van der Waals surface area contributed by atoms with Gasteiger partial charge in [-0.2, -0.15) is 0 Å². The molecule has 5 heteroatoms. The number of halogens is 1. The second-order valence-electron chi connectivity index (χ2n) is 6.23. The molecule has 1 heterocycles. The molecule has 1 aliphatic heterocycles. The monoisotopic (exact) mass is 434 g/mol. The van der Waals surface area contributed by atoms with Crippen LogP contribution in [0.15, 0.2) is 83.0 Å². The molecular formula is C23H15BrO4. The summed E-state index contributed by atoms with van der Waals surface area (Å²) in [5.74, 6) is 0.858. The normalized spacial score (nSPS) is 13.9. The lowest BCUT2D eigenvalue weighted by molar-refractivity contribution is 0.0921. The van der Waals surface area contributed by atoms with Crippen LogP contribution in [0.4, 0.5) is 0 Å². The zero-order valence-corrected chi connectivity index (χ0v) is 16.3. The molecule has 0 fully saturated rings. The van der Waals surface area contributed by atoms with Crippen LogP contribution in [0.2, 0.25) is 0 Å². The van der Waals surface area contributed by atoms with Crippen molar-refractivity contribution in [3.8, 4) is 11.5 Å². The number of carbonyl (C=O) groups excluding carboxylic acids is 2. The van der Waals surface area contributed by atoms with Gasteiger partial charge in [0.05, 0.1) is 5.56 Å². The smallest absolute Gasteiger partial charge is 0.231 e. The van der Waals surface area contributed by atoms with Crippen molar-refractivity contribution in [3.63, 3.8) is 0 Å². The van der Waals surface area contributed by atoms with E-state index in [0.29, 0.717) is 22.6 Å². The number of carbonyl (C=O) groups is 2. The van der Waals surface area contributed by atoms with Gasteiger partial charge in [0.2, 0.25) is 5.78 Å². The Balaban J connectivity index is 1.49. The van der Waals surface area contributed by atoms with Crippen molar-refractivity contribution in [3.05, 3.63) is 99.7 Å². The molecular weight excluding hydrogens is 420 g/mol. The standard InChI is InChI=1S/C23H15BrO4/c24-17-8-4-5-15(11-17)12-22-23(26)19-10-9-18(13-21(19)28-22)27-14-20(25)16-6-2-1-3-7-16/h1-13H,14H2/b22-12-. The molecule has 0 bridgehead atoms. The maximum atomic E-state index is 12.5. The number of hydrogen-bond acceptors (Lipinski definition) is 4. The van der Waals surface area contributed by atoms with E-state index in [9.17, 15) is 9.59 Å². The number of rotatable bonds is 5. The first-order valence-corrected chi connectivity index (χ1v) is 9.44. The quantitative estimate of drug-likeness (QED) is 0.402. The maximum absolute atomic E-state index is 12.5. The molecule has 0 N–H and O–H groups in total. The lowest BCUT2D eigenvalue weighted by atomic mass is 10.1. The Bertz CT molecular complexity index is 1090. The Morgan fingerprint density at radius 3 is 2.61 bits per heavy atom. The second-order valence-corrected chi connectivity index (χ2v) is 7.15. The predicted molar refractivity (Wildman–Crippen MR) is 110 cm³/mol. The number of Topliss-reactive ketones (excluding diaryl/α,β-unsaturated/α-hetero) is 2. The molecule has 28 heavy (non-hydrogen) atoms. The zero-order chi connectivity index (χ0) is 19.5. The van der Waals surface area contributed by atoms with E-state index in [2.05, 4.69) is 15.9 Å². The largest absolute Gasteiger partial charge is 0.485 e. The molecule has 0 saturated carbocycles. The first-order valence-electron chi connectivity index (χ1n) is 8.65. The number of hydrogen-bond donors (Lipinski definition) is 0. The highest BCUT2D eigenvalue weighted by Crippen LogP contribution is 2.35. The highest BCUT2D eigenvalue weighted by Gasteiger charge is 2.27. The number of fused-ring (bicyclic) bond motifs is 1. The molecule has 4 nitrogen and oxygen atoms in total. The Hall–Kier alpha value is -3.18. The summed E-state index contributed by atoms with van der Waals surface area (Å²) in [5.41, 5.74) is 1.92. The van der Waals surface area contributed by atoms with Gasteiger partial charge in [0.15, 0.2) is 18.1 Å². The SMILES string of the molecule is O=C(COc1ccc2c(c1)O/C(=C\c1cccc(Br)c1)C2=O)c1ccccc1. The van der Waals surface area contributed by atoms with Gasteiger partial charge in [-0.05, 0) is 35.9 Å².